The number of hydrogen-bond acceptors (Lipinski definition) is 2. The molecule has 0 spiro atoms. The number of aryl methyl sites for hydroxylation is 1. The maximum Gasteiger partial charge on any atom is 0.123 e. The lowest BCUT2D eigenvalue weighted by Gasteiger charge is -2.34. The van der Waals surface area contributed by atoms with Crippen LogP contribution in [0.3, 0.4) is 0 Å². The molecule has 1 saturated carbocycles. The quantitative estimate of drug-likeness (QED) is 0.878. The van der Waals surface area contributed by atoms with E-state index in [9.17, 15) is 9.50 Å². The van der Waals surface area contributed by atoms with Crippen molar-refractivity contribution < 1.29 is 14.2 Å². The van der Waals surface area contributed by atoms with Crippen LogP contribution in [0.1, 0.15) is 56.3 Å². The molecule has 2 unspecified atom stereocenters. The predicted octanol–water partition coefficient (Wildman–Crippen LogP) is 4.15. The largest absolute Gasteiger partial charge is 0.386 e. The van der Waals surface area contributed by atoms with Gasteiger partial charge in [0.25, 0.3) is 0 Å². The van der Waals surface area contributed by atoms with Crippen molar-refractivity contribution in [3.05, 3.63) is 35.1 Å². The number of rotatable bonds is 5. The number of aliphatic hydroxyl groups is 1. The third-order valence-electron chi connectivity index (χ3n) is 4.34. The van der Waals surface area contributed by atoms with E-state index in [2.05, 4.69) is 0 Å². The van der Waals surface area contributed by atoms with Crippen LogP contribution < -0.4 is 0 Å². The first-order valence-electron chi connectivity index (χ1n) is 7.69. The lowest BCUT2D eigenvalue weighted by molar-refractivity contribution is -0.0742. The molecular weight excluding hydrogens is 255 g/mol. The third-order valence-corrected chi connectivity index (χ3v) is 4.34. The van der Waals surface area contributed by atoms with Crippen molar-refractivity contribution in [2.24, 2.45) is 5.92 Å². The lowest BCUT2D eigenvalue weighted by Crippen LogP contribution is -2.32. The molecule has 1 aliphatic carbocycles. The van der Waals surface area contributed by atoms with Crippen molar-refractivity contribution in [1.82, 2.24) is 0 Å². The zero-order chi connectivity index (χ0) is 14.5. The van der Waals surface area contributed by atoms with Gasteiger partial charge in [-0.3, -0.25) is 0 Å². The van der Waals surface area contributed by atoms with Crippen LogP contribution in [-0.4, -0.2) is 17.8 Å². The Bertz CT molecular complexity index is 427. The van der Waals surface area contributed by atoms with Gasteiger partial charge in [-0.25, -0.2) is 4.39 Å². The smallest absolute Gasteiger partial charge is 0.123 e. The van der Waals surface area contributed by atoms with E-state index in [-0.39, 0.29) is 11.9 Å². The minimum atomic E-state index is -0.742. The molecule has 2 rings (SSSR count). The van der Waals surface area contributed by atoms with E-state index in [0.717, 1.165) is 18.4 Å². The van der Waals surface area contributed by atoms with Crippen LogP contribution in [0.5, 0.6) is 0 Å². The molecule has 1 N–H and O–H groups in total. The van der Waals surface area contributed by atoms with Crippen molar-refractivity contribution in [3.8, 4) is 0 Å². The molecule has 1 fully saturated rings. The second-order valence-corrected chi connectivity index (χ2v) is 5.76. The van der Waals surface area contributed by atoms with Crippen LogP contribution >= 0.6 is 0 Å². The highest BCUT2D eigenvalue weighted by Gasteiger charge is 2.31. The Morgan fingerprint density at radius 2 is 2.00 bits per heavy atom. The molecule has 20 heavy (non-hydrogen) atoms. The predicted molar refractivity (Wildman–Crippen MR) is 78.1 cm³/mol. The highest BCUT2D eigenvalue weighted by atomic mass is 19.1. The number of aliphatic hydroxyl groups excluding tert-OH is 1. The van der Waals surface area contributed by atoms with Crippen LogP contribution in [0.25, 0.3) is 0 Å². The van der Waals surface area contributed by atoms with Gasteiger partial charge in [-0.2, -0.15) is 0 Å². The molecule has 0 amide bonds. The molecule has 0 radical (unpaired) electrons. The fourth-order valence-electron chi connectivity index (χ4n) is 3.25. The Kier molecular flexibility index (Phi) is 5.55. The Balaban J connectivity index is 2.20. The van der Waals surface area contributed by atoms with Gasteiger partial charge in [0.1, 0.15) is 11.9 Å². The molecule has 1 aliphatic rings. The monoisotopic (exact) mass is 280 g/mol. The van der Waals surface area contributed by atoms with Crippen LogP contribution in [0.4, 0.5) is 4.39 Å². The molecular formula is C17H25FO2. The first-order chi connectivity index (χ1) is 9.63. The normalized spacial score (nSPS) is 19.8. The fourth-order valence-corrected chi connectivity index (χ4v) is 3.25. The standard InChI is InChI=1S/C17H25FO2/c1-3-20-17(13-7-5-4-6-8-13)16(19)15-11-14(18)10-9-12(15)2/h9-11,13,16-17,19H,3-8H2,1-2H3. The van der Waals surface area contributed by atoms with E-state index in [1.54, 1.807) is 6.07 Å². The Hall–Kier alpha value is -0.930. The van der Waals surface area contributed by atoms with Gasteiger partial charge in [-0.05, 0) is 55.9 Å². The first-order valence-corrected chi connectivity index (χ1v) is 7.69. The lowest BCUT2D eigenvalue weighted by atomic mass is 9.81. The van der Waals surface area contributed by atoms with Crippen molar-refractivity contribution in [1.29, 1.82) is 0 Å². The van der Waals surface area contributed by atoms with Gasteiger partial charge in [-0.15, -0.1) is 0 Å². The van der Waals surface area contributed by atoms with E-state index in [1.807, 2.05) is 13.8 Å². The number of halogens is 1. The zero-order valence-electron chi connectivity index (χ0n) is 12.4. The summed E-state index contributed by atoms with van der Waals surface area (Å²) in [5.74, 6) is 0.0740. The molecule has 2 nitrogen and oxygen atoms in total. The van der Waals surface area contributed by atoms with Crippen molar-refractivity contribution in [2.75, 3.05) is 6.61 Å². The molecule has 0 bridgehead atoms. The average Bonchev–Trinajstić information content (AvgIpc) is 2.47. The summed E-state index contributed by atoms with van der Waals surface area (Å²) in [7, 11) is 0. The van der Waals surface area contributed by atoms with Crippen molar-refractivity contribution in [3.63, 3.8) is 0 Å². The SMILES string of the molecule is CCOC(C1CCCCC1)C(O)c1cc(F)ccc1C. The van der Waals surface area contributed by atoms with E-state index in [1.165, 1.54) is 31.4 Å². The van der Waals surface area contributed by atoms with Gasteiger partial charge < -0.3 is 9.84 Å². The molecule has 2 atom stereocenters. The molecule has 0 saturated heterocycles. The molecule has 112 valence electrons. The average molecular weight is 280 g/mol. The van der Waals surface area contributed by atoms with Crippen LogP contribution in [0.2, 0.25) is 0 Å². The summed E-state index contributed by atoms with van der Waals surface area (Å²) in [6, 6.07) is 4.59. The number of ether oxygens (including phenoxy) is 1. The van der Waals surface area contributed by atoms with E-state index in [0.29, 0.717) is 18.1 Å². The highest BCUT2D eigenvalue weighted by molar-refractivity contribution is 5.29. The molecule has 3 heteroatoms. The van der Waals surface area contributed by atoms with Gasteiger partial charge in [0.2, 0.25) is 0 Å². The van der Waals surface area contributed by atoms with Crippen molar-refractivity contribution in [2.45, 2.75) is 58.2 Å². The second-order valence-electron chi connectivity index (χ2n) is 5.76. The molecule has 0 aromatic heterocycles. The summed E-state index contributed by atoms with van der Waals surface area (Å²) in [5, 5.41) is 10.7. The Morgan fingerprint density at radius 1 is 1.30 bits per heavy atom. The maximum atomic E-state index is 13.4. The van der Waals surface area contributed by atoms with Gasteiger partial charge in [0, 0.05) is 6.61 Å². The summed E-state index contributed by atoms with van der Waals surface area (Å²) in [5.41, 5.74) is 1.58. The van der Waals surface area contributed by atoms with E-state index in [4.69, 9.17) is 4.74 Å². The number of hydrogen-bond donors (Lipinski definition) is 1. The minimum absolute atomic E-state index is 0.221. The number of benzene rings is 1. The third kappa shape index (κ3) is 3.58. The summed E-state index contributed by atoms with van der Waals surface area (Å²) < 4.78 is 19.3. The minimum Gasteiger partial charge on any atom is -0.386 e. The van der Waals surface area contributed by atoms with Crippen molar-refractivity contribution >= 4 is 0 Å². The van der Waals surface area contributed by atoms with Gasteiger partial charge >= 0.3 is 0 Å². The molecule has 0 aliphatic heterocycles. The summed E-state index contributed by atoms with van der Waals surface area (Å²) in [4.78, 5) is 0. The van der Waals surface area contributed by atoms with Gasteiger partial charge in [-0.1, -0.05) is 25.3 Å². The Morgan fingerprint density at radius 3 is 2.65 bits per heavy atom. The maximum absolute atomic E-state index is 13.4. The second kappa shape index (κ2) is 7.19. The fraction of sp³-hybridized carbons (Fsp3) is 0.647. The van der Waals surface area contributed by atoms with E-state index >= 15 is 0 Å². The molecule has 1 aromatic carbocycles. The van der Waals surface area contributed by atoms with Gasteiger partial charge in [0.15, 0.2) is 0 Å². The van der Waals surface area contributed by atoms with Crippen LogP contribution in [0, 0.1) is 18.7 Å². The summed E-state index contributed by atoms with van der Waals surface area (Å²) >= 11 is 0. The summed E-state index contributed by atoms with van der Waals surface area (Å²) in [6.07, 6.45) is 4.89. The summed E-state index contributed by atoms with van der Waals surface area (Å²) in [6.45, 7) is 4.43. The first kappa shape index (κ1) is 15.5. The van der Waals surface area contributed by atoms with Crippen LogP contribution in [0.15, 0.2) is 18.2 Å². The zero-order valence-corrected chi connectivity index (χ0v) is 12.4. The molecule has 1 aromatic rings. The topological polar surface area (TPSA) is 29.5 Å². The van der Waals surface area contributed by atoms with E-state index < -0.39 is 6.10 Å². The van der Waals surface area contributed by atoms with Gasteiger partial charge in [0.05, 0.1) is 6.10 Å². The van der Waals surface area contributed by atoms with Crippen LogP contribution in [-0.2, 0) is 4.74 Å². The Labute approximate surface area is 121 Å². The highest BCUT2D eigenvalue weighted by Crippen LogP contribution is 2.35. The molecule has 0 heterocycles.